The molecule has 0 amide bonds. The quantitative estimate of drug-likeness (QED) is 0.875. The van der Waals surface area contributed by atoms with Gasteiger partial charge < -0.3 is 10.3 Å². The lowest BCUT2D eigenvalue weighted by Crippen LogP contribution is -2.20. The number of para-hydroxylation sites is 1. The molecule has 0 saturated heterocycles. The average Bonchev–Trinajstić information content (AvgIpc) is 2.80. The number of rotatable bonds is 4. The molecule has 0 aliphatic heterocycles. The normalized spacial score (nSPS) is 12.9. The minimum absolute atomic E-state index is 0.345. The van der Waals surface area contributed by atoms with Gasteiger partial charge in [0.2, 0.25) is 0 Å². The maximum Gasteiger partial charge on any atom is 0.0994 e. The van der Waals surface area contributed by atoms with Crippen molar-refractivity contribution in [3.05, 3.63) is 48.5 Å². The van der Waals surface area contributed by atoms with Gasteiger partial charge in [0, 0.05) is 30.0 Å². The van der Waals surface area contributed by atoms with Crippen LogP contribution in [0.1, 0.15) is 25.5 Å². The van der Waals surface area contributed by atoms with Crippen LogP contribution in [0.5, 0.6) is 0 Å². The van der Waals surface area contributed by atoms with E-state index in [-0.39, 0.29) is 0 Å². The van der Waals surface area contributed by atoms with Gasteiger partial charge in [0.05, 0.1) is 6.33 Å². The molecule has 1 heterocycles. The lowest BCUT2D eigenvalue weighted by atomic mass is 9.93. The lowest BCUT2D eigenvalue weighted by molar-refractivity contribution is 0.490. The minimum Gasteiger partial charge on any atom is -0.330 e. The van der Waals surface area contributed by atoms with Gasteiger partial charge in [0.1, 0.15) is 0 Å². The summed E-state index contributed by atoms with van der Waals surface area (Å²) in [6.07, 6.45) is 3.78. The maximum absolute atomic E-state index is 5.87. The summed E-state index contributed by atoms with van der Waals surface area (Å²) in [6.45, 7) is 5.04. The molecule has 0 aliphatic carbocycles. The smallest absolute Gasteiger partial charge is 0.0994 e. The van der Waals surface area contributed by atoms with Crippen molar-refractivity contribution in [2.24, 2.45) is 11.7 Å². The Balaban J connectivity index is 2.41. The maximum atomic E-state index is 5.87. The number of nitrogens with zero attached hydrogens (tertiary/aromatic N) is 2. The van der Waals surface area contributed by atoms with Crippen LogP contribution in [0, 0.1) is 5.92 Å². The SMILES string of the molecule is CC(C)C(CN)c1cncn1-c1ccccc1. The third kappa shape index (κ3) is 2.39. The van der Waals surface area contributed by atoms with Crippen molar-refractivity contribution in [2.75, 3.05) is 6.54 Å². The van der Waals surface area contributed by atoms with Crippen molar-refractivity contribution in [1.29, 1.82) is 0 Å². The van der Waals surface area contributed by atoms with Crippen molar-refractivity contribution < 1.29 is 0 Å². The van der Waals surface area contributed by atoms with Gasteiger partial charge in [-0.2, -0.15) is 0 Å². The van der Waals surface area contributed by atoms with Crippen LogP contribution in [0.2, 0.25) is 0 Å². The predicted octanol–water partition coefficient (Wildman–Crippen LogP) is 2.57. The highest BCUT2D eigenvalue weighted by molar-refractivity contribution is 5.34. The predicted molar refractivity (Wildman–Crippen MR) is 70.2 cm³/mol. The number of nitrogens with two attached hydrogens (primary N) is 1. The Hall–Kier alpha value is -1.61. The molecule has 1 aromatic carbocycles. The van der Waals surface area contributed by atoms with Crippen molar-refractivity contribution in [3.8, 4) is 5.69 Å². The Bertz CT molecular complexity index is 459. The van der Waals surface area contributed by atoms with Gasteiger partial charge in [-0.3, -0.25) is 0 Å². The molecule has 2 rings (SSSR count). The van der Waals surface area contributed by atoms with E-state index in [4.69, 9.17) is 5.73 Å². The number of imidazole rings is 1. The molecule has 3 nitrogen and oxygen atoms in total. The molecule has 0 fully saturated rings. The first-order chi connectivity index (χ1) is 8.24. The van der Waals surface area contributed by atoms with Gasteiger partial charge in [0.15, 0.2) is 0 Å². The first-order valence-electron chi connectivity index (χ1n) is 6.01. The minimum atomic E-state index is 0.345. The van der Waals surface area contributed by atoms with E-state index in [0.29, 0.717) is 18.4 Å². The molecular formula is C14H19N3. The van der Waals surface area contributed by atoms with E-state index < -0.39 is 0 Å². The molecule has 0 radical (unpaired) electrons. The van der Waals surface area contributed by atoms with E-state index in [1.807, 2.05) is 30.7 Å². The van der Waals surface area contributed by atoms with Gasteiger partial charge in [-0.05, 0) is 18.1 Å². The third-order valence-electron chi connectivity index (χ3n) is 3.14. The second-order valence-corrected chi connectivity index (χ2v) is 4.61. The zero-order chi connectivity index (χ0) is 12.3. The summed E-state index contributed by atoms with van der Waals surface area (Å²) in [5, 5.41) is 0. The van der Waals surface area contributed by atoms with Crippen LogP contribution in [-0.2, 0) is 0 Å². The molecule has 3 heteroatoms. The van der Waals surface area contributed by atoms with E-state index in [9.17, 15) is 0 Å². The largest absolute Gasteiger partial charge is 0.330 e. The standard InChI is InChI=1S/C14H19N3/c1-11(2)13(8-15)14-9-16-10-17(14)12-6-4-3-5-7-12/h3-7,9-11,13H,8,15H2,1-2H3. The Morgan fingerprint density at radius 1 is 1.24 bits per heavy atom. The number of hydrogen-bond acceptors (Lipinski definition) is 2. The van der Waals surface area contributed by atoms with Crippen LogP contribution in [0.15, 0.2) is 42.9 Å². The summed E-state index contributed by atoms with van der Waals surface area (Å²) < 4.78 is 2.12. The molecular weight excluding hydrogens is 210 g/mol. The fraction of sp³-hybridized carbons (Fsp3) is 0.357. The van der Waals surface area contributed by atoms with Crippen LogP contribution in [0.4, 0.5) is 0 Å². The molecule has 1 atom stereocenters. The molecule has 1 unspecified atom stereocenters. The van der Waals surface area contributed by atoms with Crippen LogP contribution in [-0.4, -0.2) is 16.1 Å². The highest BCUT2D eigenvalue weighted by Crippen LogP contribution is 2.25. The fourth-order valence-electron chi connectivity index (χ4n) is 2.12. The molecule has 1 aromatic heterocycles. The van der Waals surface area contributed by atoms with Crippen LogP contribution < -0.4 is 5.73 Å². The van der Waals surface area contributed by atoms with E-state index in [0.717, 1.165) is 5.69 Å². The average molecular weight is 229 g/mol. The summed E-state index contributed by atoms with van der Waals surface area (Å²) in [5.41, 5.74) is 8.20. The van der Waals surface area contributed by atoms with Crippen molar-refractivity contribution >= 4 is 0 Å². The van der Waals surface area contributed by atoms with Crippen molar-refractivity contribution in [1.82, 2.24) is 9.55 Å². The van der Waals surface area contributed by atoms with E-state index >= 15 is 0 Å². The molecule has 0 aliphatic rings. The Labute approximate surface area is 102 Å². The number of hydrogen-bond donors (Lipinski definition) is 1. The highest BCUT2D eigenvalue weighted by atomic mass is 15.1. The molecule has 2 N–H and O–H groups in total. The Morgan fingerprint density at radius 3 is 2.53 bits per heavy atom. The summed E-state index contributed by atoms with van der Waals surface area (Å²) >= 11 is 0. The zero-order valence-electron chi connectivity index (χ0n) is 10.4. The fourth-order valence-corrected chi connectivity index (χ4v) is 2.12. The summed E-state index contributed by atoms with van der Waals surface area (Å²) in [7, 11) is 0. The number of aromatic nitrogens is 2. The second-order valence-electron chi connectivity index (χ2n) is 4.61. The molecule has 17 heavy (non-hydrogen) atoms. The van der Waals surface area contributed by atoms with Crippen LogP contribution >= 0.6 is 0 Å². The van der Waals surface area contributed by atoms with E-state index in [1.54, 1.807) is 0 Å². The van der Waals surface area contributed by atoms with Crippen LogP contribution in [0.25, 0.3) is 5.69 Å². The molecule has 0 bridgehead atoms. The monoisotopic (exact) mass is 229 g/mol. The molecule has 90 valence electrons. The van der Waals surface area contributed by atoms with Gasteiger partial charge in [-0.25, -0.2) is 4.98 Å². The molecule has 2 aromatic rings. The molecule has 0 saturated carbocycles. The topological polar surface area (TPSA) is 43.8 Å². The van der Waals surface area contributed by atoms with E-state index in [1.165, 1.54) is 5.69 Å². The first-order valence-corrected chi connectivity index (χ1v) is 6.01. The third-order valence-corrected chi connectivity index (χ3v) is 3.14. The lowest BCUT2D eigenvalue weighted by Gasteiger charge is -2.20. The van der Waals surface area contributed by atoms with Gasteiger partial charge in [-0.15, -0.1) is 0 Å². The highest BCUT2D eigenvalue weighted by Gasteiger charge is 2.18. The molecule has 0 spiro atoms. The van der Waals surface area contributed by atoms with Crippen LogP contribution in [0.3, 0.4) is 0 Å². The van der Waals surface area contributed by atoms with Gasteiger partial charge in [-0.1, -0.05) is 32.0 Å². The summed E-state index contributed by atoms with van der Waals surface area (Å²) in [5.74, 6) is 0.858. The zero-order valence-corrected chi connectivity index (χ0v) is 10.4. The van der Waals surface area contributed by atoms with Gasteiger partial charge in [0.25, 0.3) is 0 Å². The second kappa shape index (κ2) is 5.15. The first kappa shape index (κ1) is 11.9. The number of benzene rings is 1. The van der Waals surface area contributed by atoms with Crippen molar-refractivity contribution in [3.63, 3.8) is 0 Å². The Kier molecular flexibility index (Phi) is 3.59. The summed E-state index contributed by atoms with van der Waals surface area (Å²) in [6, 6.07) is 10.2. The van der Waals surface area contributed by atoms with E-state index in [2.05, 4.69) is 35.5 Å². The summed E-state index contributed by atoms with van der Waals surface area (Å²) in [4.78, 5) is 4.26. The Morgan fingerprint density at radius 2 is 1.94 bits per heavy atom. The van der Waals surface area contributed by atoms with Gasteiger partial charge >= 0.3 is 0 Å². The van der Waals surface area contributed by atoms with Crippen molar-refractivity contribution in [2.45, 2.75) is 19.8 Å².